The molecule has 2 amide bonds. The van der Waals surface area contributed by atoms with Crippen LogP contribution in [0.1, 0.15) is 80.3 Å². The maximum atomic E-state index is 14.1. The average Bonchev–Trinajstić information content (AvgIpc) is 3.56. The molecule has 0 radical (unpaired) electrons. The number of amides is 2. The number of carbonyl (C=O) groups excluding carboxylic acids is 2. The van der Waals surface area contributed by atoms with E-state index in [1.807, 2.05) is 50.5 Å². The van der Waals surface area contributed by atoms with Crippen LogP contribution >= 0.6 is 11.3 Å². The summed E-state index contributed by atoms with van der Waals surface area (Å²) in [6.07, 6.45) is 2.08. The molecule has 0 bridgehead atoms. The molecule has 1 aliphatic heterocycles. The zero-order valence-corrected chi connectivity index (χ0v) is 23.5. The topological polar surface area (TPSA) is 109 Å². The highest BCUT2D eigenvalue weighted by atomic mass is 32.1. The van der Waals surface area contributed by atoms with E-state index in [4.69, 9.17) is 4.52 Å². The molecule has 9 heteroatoms. The minimum atomic E-state index is -0.753. The number of aryl methyl sites for hydroxylation is 2. The van der Waals surface area contributed by atoms with E-state index in [9.17, 15) is 14.7 Å². The molecular weight excluding hydrogens is 500 g/mol. The van der Waals surface area contributed by atoms with Crippen molar-refractivity contribution in [3.8, 4) is 10.4 Å². The van der Waals surface area contributed by atoms with Gasteiger partial charge in [0, 0.05) is 18.5 Å². The standard InChI is InChI=1S/C29H36N4O4S/c1-16(19-8-10-20(11-9-19)26-18(3)30-15-38-26)31-27(35)23-13-21(34)14-33(23)28(36)24-25-22(17(2)32-37-25)7-6-12-29(24,4)5/h8-11,15-16,21,23-24,34H,6-7,12-14H2,1-5H3,(H,31,35)/t16-,21+,23-,24+/m0/s1. The number of benzene rings is 1. The van der Waals surface area contributed by atoms with E-state index in [0.717, 1.165) is 52.2 Å². The Bertz CT molecular complexity index is 1330. The van der Waals surface area contributed by atoms with Gasteiger partial charge in [-0.2, -0.15) is 0 Å². The van der Waals surface area contributed by atoms with Gasteiger partial charge in [-0.3, -0.25) is 9.59 Å². The highest BCUT2D eigenvalue weighted by molar-refractivity contribution is 7.13. The molecule has 2 N–H and O–H groups in total. The molecule has 0 unspecified atom stereocenters. The van der Waals surface area contributed by atoms with E-state index < -0.39 is 18.1 Å². The summed E-state index contributed by atoms with van der Waals surface area (Å²) in [5, 5.41) is 17.8. The second-order valence-electron chi connectivity index (χ2n) is 11.4. The number of nitrogens with one attached hydrogen (secondary N) is 1. The number of aliphatic hydroxyl groups excluding tert-OH is 1. The first-order valence-electron chi connectivity index (χ1n) is 13.3. The van der Waals surface area contributed by atoms with Gasteiger partial charge in [0.1, 0.15) is 12.0 Å². The fourth-order valence-corrected chi connectivity index (χ4v) is 6.78. The number of hydrogen-bond acceptors (Lipinski definition) is 7. The van der Waals surface area contributed by atoms with E-state index in [2.05, 4.69) is 29.3 Å². The summed E-state index contributed by atoms with van der Waals surface area (Å²) in [6, 6.07) is 7.09. The molecule has 2 aromatic heterocycles. The van der Waals surface area contributed by atoms with Crippen LogP contribution in [0, 0.1) is 19.3 Å². The number of fused-ring (bicyclic) bond motifs is 1. The fraction of sp³-hybridized carbons (Fsp3) is 0.517. The number of β-amino-alcohol motifs (C(OH)–C–C–N with tert-alkyl or cyclic N) is 1. The number of nitrogens with zero attached hydrogens (tertiary/aromatic N) is 3. The van der Waals surface area contributed by atoms with Gasteiger partial charge >= 0.3 is 0 Å². The van der Waals surface area contributed by atoms with Crippen LogP contribution in [0.2, 0.25) is 0 Å². The predicted molar refractivity (Wildman–Crippen MR) is 146 cm³/mol. The fourth-order valence-electron chi connectivity index (χ4n) is 5.97. The number of carbonyl (C=O) groups is 2. The van der Waals surface area contributed by atoms with Gasteiger partial charge in [0.15, 0.2) is 5.76 Å². The molecular formula is C29H36N4O4S. The van der Waals surface area contributed by atoms with E-state index in [-0.39, 0.29) is 36.2 Å². The second-order valence-corrected chi connectivity index (χ2v) is 12.3. The Hall–Kier alpha value is -3.04. The van der Waals surface area contributed by atoms with Crippen LogP contribution in [0.4, 0.5) is 0 Å². The lowest BCUT2D eigenvalue weighted by Crippen LogP contribution is -2.49. The third-order valence-corrected chi connectivity index (χ3v) is 9.17. The molecule has 4 atom stereocenters. The lowest BCUT2D eigenvalue weighted by Gasteiger charge is -2.35. The third-order valence-electron chi connectivity index (χ3n) is 8.20. The lowest BCUT2D eigenvalue weighted by molar-refractivity contribution is -0.142. The van der Waals surface area contributed by atoms with Crippen molar-refractivity contribution < 1.29 is 19.2 Å². The number of hydrogen-bond donors (Lipinski definition) is 2. The van der Waals surface area contributed by atoms with Gasteiger partial charge in [-0.1, -0.05) is 43.3 Å². The zero-order valence-electron chi connectivity index (χ0n) is 22.7. The van der Waals surface area contributed by atoms with Gasteiger partial charge in [0.05, 0.1) is 33.9 Å². The van der Waals surface area contributed by atoms with E-state index in [0.29, 0.717) is 5.76 Å². The van der Waals surface area contributed by atoms with E-state index >= 15 is 0 Å². The smallest absolute Gasteiger partial charge is 0.243 e. The highest BCUT2D eigenvalue weighted by Gasteiger charge is 2.49. The molecule has 3 heterocycles. The minimum Gasteiger partial charge on any atom is -0.391 e. The van der Waals surface area contributed by atoms with Crippen LogP contribution in [-0.4, -0.2) is 50.7 Å². The van der Waals surface area contributed by atoms with Crippen molar-refractivity contribution in [2.75, 3.05) is 6.54 Å². The molecule has 0 spiro atoms. The number of aromatic nitrogens is 2. The summed E-state index contributed by atoms with van der Waals surface area (Å²) < 4.78 is 5.72. The number of rotatable bonds is 5. The van der Waals surface area contributed by atoms with Gasteiger partial charge in [-0.05, 0) is 56.6 Å². The predicted octanol–water partition coefficient (Wildman–Crippen LogP) is 4.70. The van der Waals surface area contributed by atoms with Gasteiger partial charge in [0.25, 0.3) is 0 Å². The summed E-state index contributed by atoms with van der Waals surface area (Å²) in [6.45, 7) is 10.1. The molecule has 1 aromatic carbocycles. The first-order valence-corrected chi connectivity index (χ1v) is 14.2. The number of aliphatic hydroxyl groups is 1. The minimum absolute atomic E-state index is 0.128. The number of thiazole rings is 1. The maximum absolute atomic E-state index is 14.1. The maximum Gasteiger partial charge on any atom is 0.243 e. The van der Waals surface area contributed by atoms with Crippen molar-refractivity contribution in [3.63, 3.8) is 0 Å². The zero-order chi connectivity index (χ0) is 27.2. The van der Waals surface area contributed by atoms with E-state index in [1.54, 1.807) is 16.2 Å². The van der Waals surface area contributed by atoms with Crippen LogP contribution in [-0.2, 0) is 16.0 Å². The van der Waals surface area contributed by atoms with Crippen molar-refractivity contribution in [1.29, 1.82) is 0 Å². The van der Waals surface area contributed by atoms with Crippen LogP contribution < -0.4 is 5.32 Å². The number of likely N-dealkylation sites (tertiary alicyclic amines) is 1. The van der Waals surface area contributed by atoms with Crippen LogP contribution in [0.15, 0.2) is 34.3 Å². The molecule has 1 aliphatic carbocycles. The van der Waals surface area contributed by atoms with Gasteiger partial charge in [-0.25, -0.2) is 4.98 Å². The molecule has 38 heavy (non-hydrogen) atoms. The van der Waals surface area contributed by atoms with Crippen LogP contribution in [0.25, 0.3) is 10.4 Å². The quantitative estimate of drug-likeness (QED) is 0.458. The SMILES string of the molecule is Cc1ncsc1-c1ccc([C@H](C)NC(=O)[C@@H]2C[C@@H](O)CN2C(=O)[C@H]2c3onc(C)c3CCCC2(C)C)cc1. The third kappa shape index (κ3) is 4.89. The molecule has 5 rings (SSSR count). The van der Waals surface area contributed by atoms with Crippen molar-refractivity contribution in [3.05, 3.63) is 58.1 Å². The molecule has 1 saturated heterocycles. The molecule has 202 valence electrons. The summed E-state index contributed by atoms with van der Waals surface area (Å²) >= 11 is 1.60. The summed E-state index contributed by atoms with van der Waals surface area (Å²) in [4.78, 5) is 34.6. The Kier molecular flexibility index (Phi) is 7.17. The second kappa shape index (κ2) is 10.3. The monoisotopic (exact) mass is 536 g/mol. The summed E-state index contributed by atoms with van der Waals surface area (Å²) in [7, 11) is 0. The Morgan fingerprint density at radius 1 is 1.21 bits per heavy atom. The molecule has 1 fully saturated rings. The highest BCUT2D eigenvalue weighted by Crippen LogP contribution is 2.46. The van der Waals surface area contributed by atoms with Gasteiger partial charge in [-0.15, -0.1) is 11.3 Å². The largest absolute Gasteiger partial charge is 0.391 e. The van der Waals surface area contributed by atoms with Crippen molar-refractivity contribution in [2.24, 2.45) is 5.41 Å². The van der Waals surface area contributed by atoms with Gasteiger partial charge in [0.2, 0.25) is 11.8 Å². The molecule has 3 aromatic rings. The Labute approximate surface area is 227 Å². The average molecular weight is 537 g/mol. The summed E-state index contributed by atoms with van der Waals surface area (Å²) in [5.41, 5.74) is 6.35. The van der Waals surface area contributed by atoms with Crippen molar-refractivity contribution in [1.82, 2.24) is 20.4 Å². The Morgan fingerprint density at radius 2 is 1.95 bits per heavy atom. The van der Waals surface area contributed by atoms with Gasteiger partial charge < -0.3 is 19.8 Å². The normalized spacial score (nSPS) is 23.5. The molecule has 2 aliphatic rings. The van der Waals surface area contributed by atoms with Crippen LogP contribution in [0.5, 0.6) is 0 Å². The molecule has 8 nitrogen and oxygen atoms in total. The lowest BCUT2D eigenvalue weighted by atomic mass is 9.74. The Morgan fingerprint density at radius 3 is 2.63 bits per heavy atom. The molecule has 0 saturated carbocycles. The van der Waals surface area contributed by atoms with E-state index in [1.165, 1.54) is 0 Å². The first-order chi connectivity index (χ1) is 18.1. The van der Waals surface area contributed by atoms with Crippen molar-refractivity contribution >= 4 is 23.2 Å². The Balaban J connectivity index is 1.34. The van der Waals surface area contributed by atoms with Crippen LogP contribution in [0.3, 0.4) is 0 Å². The first kappa shape index (κ1) is 26.6. The van der Waals surface area contributed by atoms with Crippen molar-refractivity contribution in [2.45, 2.75) is 84.4 Å². The summed E-state index contributed by atoms with van der Waals surface area (Å²) in [5.74, 6) is -0.379.